The number of phosphoric acid groups is 1. The molecule has 0 amide bonds. The third-order valence-corrected chi connectivity index (χ3v) is 9.65. The van der Waals surface area contributed by atoms with Crippen molar-refractivity contribution in [2.24, 2.45) is 5.73 Å². The molecule has 59 heavy (non-hydrogen) atoms. The highest BCUT2D eigenvalue weighted by Gasteiger charge is 2.28. The molecule has 0 aromatic heterocycles. The van der Waals surface area contributed by atoms with Crippen LogP contribution in [-0.4, -0.2) is 71.1 Å². The molecule has 2 unspecified atom stereocenters. The topological polar surface area (TPSA) is 192 Å². The summed E-state index contributed by atoms with van der Waals surface area (Å²) in [6.07, 6.45) is 45.5. The predicted molar refractivity (Wildman–Crippen MR) is 236 cm³/mol. The predicted octanol–water partition coefficient (Wildman–Crippen LogP) is 10.5. The van der Waals surface area contributed by atoms with E-state index in [0.29, 0.717) is 32.1 Å². The average molecular weight is 850 g/mol. The minimum Gasteiger partial charge on any atom is -0.480 e. The largest absolute Gasteiger partial charge is 0.480 e. The van der Waals surface area contributed by atoms with E-state index in [9.17, 15) is 28.9 Å². The van der Waals surface area contributed by atoms with Crippen molar-refractivity contribution in [1.29, 1.82) is 0 Å². The van der Waals surface area contributed by atoms with Gasteiger partial charge >= 0.3 is 25.7 Å². The molecule has 336 valence electrons. The number of rotatable bonds is 39. The molecule has 0 aromatic rings. The maximum absolute atomic E-state index is 12.6. The number of aliphatic hydroxyl groups excluding tert-OH is 1. The Bertz CT molecular complexity index is 1340. The lowest BCUT2D eigenvalue weighted by molar-refractivity contribution is -0.161. The minimum atomic E-state index is -4.77. The van der Waals surface area contributed by atoms with Gasteiger partial charge in [-0.2, -0.15) is 0 Å². The second-order valence-corrected chi connectivity index (χ2v) is 15.8. The van der Waals surface area contributed by atoms with Crippen molar-refractivity contribution in [2.45, 2.75) is 167 Å². The SMILES string of the molecule is CCCCC/C=C\C/C=C\CC(O)/C=C\C=C\CCCC(=O)OC[C@H](COP(=O)(O)OC[C@H](N)C(=O)O)OC(=O)CCC/C=C\C/C=C\C/C=C\CCCCCCCC. The Morgan fingerprint density at radius 1 is 0.610 bits per heavy atom. The molecular weight excluding hydrogens is 773 g/mol. The van der Waals surface area contributed by atoms with Crippen LogP contribution in [0, 0.1) is 0 Å². The van der Waals surface area contributed by atoms with Gasteiger partial charge < -0.3 is 30.3 Å². The van der Waals surface area contributed by atoms with Gasteiger partial charge in [-0.05, 0) is 77.0 Å². The zero-order valence-electron chi connectivity index (χ0n) is 35.9. The average Bonchev–Trinajstić information content (AvgIpc) is 3.21. The van der Waals surface area contributed by atoms with E-state index < -0.39 is 63.8 Å². The minimum absolute atomic E-state index is 0.0557. The summed E-state index contributed by atoms with van der Waals surface area (Å²) >= 11 is 0. The summed E-state index contributed by atoms with van der Waals surface area (Å²) in [5.41, 5.74) is 5.32. The number of aliphatic hydroxyl groups is 1. The molecule has 0 bridgehead atoms. The molecule has 0 aliphatic heterocycles. The highest BCUT2D eigenvalue weighted by Crippen LogP contribution is 2.43. The van der Waals surface area contributed by atoms with Gasteiger partial charge in [-0.15, -0.1) is 0 Å². The number of ether oxygens (including phenoxy) is 2. The van der Waals surface area contributed by atoms with E-state index in [2.05, 4.69) is 54.8 Å². The number of nitrogens with two attached hydrogens (primary N) is 1. The first-order valence-electron chi connectivity index (χ1n) is 21.7. The van der Waals surface area contributed by atoms with Crippen molar-refractivity contribution in [3.8, 4) is 0 Å². The van der Waals surface area contributed by atoms with Crippen LogP contribution < -0.4 is 5.73 Å². The van der Waals surface area contributed by atoms with Crippen molar-refractivity contribution in [1.82, 2.24) is 0 Å². The summed E-state index contributed by atoms with van der Waals surface area (Å²) in [6.45, 7) is 2.55. The number of allylic oxidation sites excluding steroid dienone is 12. The highest BCUT2D eigenvalue weighted by molar-refractivity contribution is 7.47. The van der Waals surface area contributed by atoms with Crippen molar-refractivity contribution in [3.05, 3.63) is 85.1 Å². The molecular formula is C46H76NO11P. The lowest BCUT2D eigenvalue weighted by Crippen LogP contribution is -2.34. The number of phosphoric ester groups is 1. The van der Waals surface area contributed by atoms with Gasteiger partial charge in [-0.3, -0.25) is 23.4 Å². The van der Waals surface area contributed by atoms with Gasteiger partial charge in [-0.25, -0.2) is 4.57 Å². The summed E-state index contributed by atoms with van der Waals surface area (Å²) in [4.78, 5) is 45.9. The van der Waals surface area contributed by atoms with Crippen molar-refractivity contribution >= 4 is 25.7 Å². The van der Waals surface area contributed by atoms with Crippen LogP contribution in [0.25, 0.3) is 0 Å². The third kappa shape index (κ3) is 39.8. The monoisotopic (exact) mass is 850 g/mol. The molecule has 0 saturated carbocycles. The second kappa shape index (κ2) is 40.0. The van der Waals surface area contributed by atoms with Gasteiger partial charge in [0.2, 0.25) is 0 Å². The van der Waals surface area contributed by atoms with E-state index in [-0.39, 0.29) is 12.8 Å². The molecule has 0 saturated heterocycles. The van der Waals surface area contributed by atoms with Crippen molar-refractivity contribution < 1.29 is 52.6 Å². The third-order valence-electron chi connectivity index (χ3n) is 8.70. The van der Waals surface area contributed by atoms with Crippen molar-refractivity contribution in [2.75, 3.05) is 19.8 Å². The molecule has 0 aliphatic carbocycles. The number of esters is 2. The number of carboxylic acids is 1. The zero-order chi connectivity index (χ0) is 43.7. The van der Waals surface area contributed by atoms with Crippen LogP contribution in [0.1, 0.15) is 149 Å². The zero-order valence-corrected chi connectivity index (χ0v) is 36.8. The highest BCUT2D eigenvalue weighted by atomic mass is 31.2. The fourth-order valence-electron chi connectivity index (χ4n) is 5.21. The molecule has 0 aromatic carbocycles. The number of hydrogen-bond donors (Lipinski definition) is 4. The van der Waals surface area contributed by atoms with Gasteiger partial charge in [0.1, 0.15) is 12.6 Å². The van der Waals surface area contributed by atoms with Crippen molar-refractivity contribution in [3.63, 3.8) is 0 Å². The molecule has 13 heteroatoms. The van der Waals surface area contributed by atoms with Gasteiger partial charge in [0.05, 0.1) is 19.3 Å². The van der Waals surface area contributed by atoms with Gasteiger partial charge in [0, 0.05) is 12.8 Å². The standard InChI is InChI=1S/C46H76NO11P/c1-3-5-7-9-11-13-14-15-16-17-18-19-20-22-24-28-33-37-45(50)58-42(39-56-59(53,54)57-40-43(47)46(51)52)38-55-44(49)36-32-29-25-27-31-35-41(48)34-30-26-23-21-12-10-8-6-4-2/h12,15-16,18-19,21-22,24-27,30-31,35,41-43,48H,3-11,13-14,17,20,23,28-29,32-34,36-40,47H2,1-2H3,(H,51,52)(H,53,54)/b16-15-,19-18-,21-12-,24-22-,27-25+,30-26-,35-31-/t41?,42-,43+/m1/s1. The first kappa shape index (κ1) is 55.6. The first-order valence-corrected chi connectivity index (χ1v) is 23.2. The van der Waals surface area contributed by atoms with E-state index in [1.54, 1.807) is 18.2 Å². The normalized spacial score (nSPS) is 15.1. The molecule has 12 nitrogen and oxygen atoms in total. The number of carbonyl (C=O) groups excluding carboxylic acids is 2. The van der Waals surface area contributed by atoms with Crippen LogP contribution in [0.2, 0.25) is 0 Å². The fraction of sp³-hybridized carbons (Fsp3) is 0.630. The Morgan fingerprint density at radius 3 is 1.73 bits per heavy atom. The molecule has 0 rings (SSSR count). The van der Waals surface area contributed by atoms with E-state index in [1.165, 1.54) is 57.8 Å². The summed E-state index contributed by atoms with van der Waals surface area (Å²) in [5.74, 6) is -2.60. The van der Waals surface area contributed by atoms with Crippen LogP contribution in [0.3, 0.4) is 0 Å². The molecule has 0 spiro atoms. The number of aliphatic carboxylic acids is 1. The summed E-state index contributed by atoms with van der Waals surface area (Å²) in [6, 6.07) is -1.55. The Morgan fingerprint density at radius 2 is 1.10 bits per heavy atom. The Hall–Kier alpha value is -3.38. The van der Waals surface area contributed by atoms with E-state index in [1.807, 2.05) is 30.4 Å². The van der Waals surface area contributed by atoms with Crippen LogP contribution in [0.15, 0.2) is 85.1 Å². The number of carbonyl (C=O) groups is 3. The smallest absolute Gasteiger partial charge is 0.472 e. The van der Waals surface area contributed by atoms with E-state index in [0.717, 1.165) is 32.1 Å². The molecule has 4 atom stereocenters. The summed E-state index contributed by atoms with van der Waals surface area (Å²) < 4.78 is 32.5. The summed E-state index contributed by atoms with van der Waals surface area (Å²) in [5, 5.41) is 19.0. The van der Waals surface area contributed by atoms with Crippen LogP contribution >= 0.6 is 7.82 Å². The second-order valence-electron chi connectivity index (χ2n) is 14.3. The molecule has 0 heterocycles. The quantitative estimate of drug-likeness (QED) is 0.0151. The van der Waals surface area contributed by atoms with Gasteiger partial charge in [0.15, 0.2) is 6.10 Å². The number of carboxylic acid groups (broad SMARTS) is 1. The lowest BCUT2D eigenvalue weighted by atomic mass is 10.1. The molecule has 0 aliphatic rings. The first-order chi connectivity index (χ1) is 28.5. The van der Waals surface area contributed by atoms with Gasteiger partial charge in [0.25, 0.3) is 0 Å². The maximum Gasteiger partial charge on any atom is 0.472 e. The van der Waals surface area contributed by atoms with Gasteiger partial charge in [-0.1, -0.05) is 144 Å². The fourth-order valence-corrected chi connectivity index (χ4v) is 5.99. The summed E-state index contributed by atoms with van der Waals surface area (Å²) in [7, 11) is -4.77. The maximum atomic E-state index is 12.6. The number of unbranched alkanes of at least 4 members (excludes halogenated alkanes) is 11. The molecule has 5 N–H and O–H groups in total. The molecule has 0 radical (unpaired) electrons. The Kier molecular flexibility index (Phi) is 37.8. The Labute approximate surface area is 355 Å². The van der Waals surface area contributed by atoms with Crippen LogP contribution in [0.5, 0.6) is 0 Å². The Balaban J connectivity index is 4.65. The number of hydrogen-bond acceptors (Lipinski definition) is 10. The van der Waals surface area contributed by atoms with E-state index >= 15 is 0 Å². The van der Waals surface area contributed by atoms with Crippen LogP contribution in [0.4, 0.5) is 0 Å². The molecule has 0 fully saturated rings. The lowest BCUT2D eigenvalue weighted by Gasteiger charge is -2.20. The van der Waals surface area contributed by atoms with E-state index in [4.69, 9.17) is 24.8 Å². The van der Waals surface area contributed by atoms with Crippen LogP contribution in [-0.2, 0) is 37.5 Å².